The van der Waals surface area contributed by atoms with E-state index < -0.39 is 4.92 Å². The van der Waals surface area contributed by atoms with Crippen molar-refractivity contribution >= 4 is 17.3 Å². The molecule has 0 aromatic heterocycles. The van der Waals surface area contributed by atoms with Crippen molar-refractivity contribution < 1.29 is 9.72 Å². The van der Waals surface area contributed by atoms with Gasteiger partial charge in [-0.1, -0.05) is 36.4 Å². The number of carbonyl (C=O) groups excluding carboxylic acids is 1. The molecule has 0 fully saturated rings. The molecule has 0 aliphatic heterocycles. The van der Waals surface area contributed by atoms with Crippen LogP contribution in [-0.4, -0.2) is 10.8 Å². The number of nitrogens with one attached hydrogen (secondary N) is 1. The molecular weight excluding hydrogens is 268 g/mol. The largest absolute Gasteiger partial charge is 0.325 e. The Balaban J connectivity index is 2.18. The Labute approximate surface area is 122 Å². The predicted molar refractivity (Wildman–Crippen MR) is 81.3 cm³/mol. The molecule has 2 aromatic carbocycles. The average Bonchev–Trinajstić information content (AvgIpc) is 2.43. The van der Waals surface area contributed by atoms with E-state index >= 15 is 0 Å². The Hall–Kier alpha value is -2.69. The lowest BCUT2D eigenvalue weighted by Gasteiger charge is -2.11. The molecule has 1 N–H and O–H groups in total. The summed E-state index contributed by atoms with van der Waals surface area (Å²) in [7, 11) is 0. The first-order valence-electron chi connectivity index (χ1n) is 6.57. The van der Waals surface area contributed by atoms with E-state index in [1.165, 1.54) is 6.07 Å². The highest BCUT2D eigenvalue weighted by atomic mass is 16.6. The molecule has 5 heteroatoms. The number of benzene rings is 2. The van der Waals surface area contributed by atoms with Gasteiger partial charge < -0.3 is 5.32 Å². The number of para-hydroxylation sites is 2. The summed E-state index contributed by atoms with van der Waals surface area (Å²) in [6.07, 6.45) is -0.0229. The van der Waals surface area contributed by atoms with Crippen LogP contribution in [0.1, 0.15) is 16.7 Å². The van der Waals surface area contributed by atoms with Gasteiger partial charge in [-0.3, -0.25) is 14.9 Å². The minimum atomic E-state index is -0.471. The number of rotatable bonds is 4. The molecule has 2 rings (SSSR count). The van der Waals surface area contributed by atoms with Crippen molar-refractivity contribution in [1.29, 1.82) is 0 Å². The van der Waals surface area contributed by atoms with Crippen LogP contribution in [0.4, 0.5) is 11.4 Å². The maximum atomic E-state index is 12.1. The van der Waals surface area contributed by atoms with E-state index in [1.54, 1.807) is 18.2 Å². The van der Waals surface area contributed by atoms with Crippen LogP contribution >= 0.6 is 0 Å². The number of hydrogen-bond acceptors (Lipinski definition) is 3. The van der Waals surface area contributed by atoms with E-state index in [4.69, 9.17) is 0 Å². The van der Waals surface area contributed by atoms with E-state index in [1.807, 2.05) is 32.0 Å². The quantitative estimate of drug-likeness (QED) is 0.691. The number of nitro benzene ring substituents is 1. The van der Waals surface area contributed by atoms with Gasteiger partial charge in [0.05, 0.1) is 11.3 Å². The lowest BCUT2D eigenvalue weighted by atomic mass is 10.1. The van der Waals surface area contributed by atoms with Crippen LogP contribution in [0.3, 0.4) is 0 Å². The highest BCUT2D eigenvalue weighted by Crippen LogP contribution is 2.21. The number of carbonyl (C=O) groups is 1. The zero-order valence-electron chi connectivity index (χ0n) is 11.9. The van der Waals surface area contributed by atoms with E-state index in [0.29, 0.717) is 5.56 Å². The van der Waals surface area contributed by atoms with Crippen molar-refractivity contribution in [3.8, 4) is 0 Å². The summed E-state index contributed by atoms with van der Waals surface area (Å²) in [6.45, 7) is 3.82. The summed E-state index contributed by atoms with van der Waals surface area (Å²) in [4.78, 5) is 22.6. The first-order chi connectivity index (χ1) is 9.99. The van der Waals surface area contributed by atoms with Crippen molar-refractivity contribution in [1.82, 2.24) is 0 Å². The second-order valence-electron chi connectivity index (χ2n) is 4.88. The molecule has 5 nitrogen and oxygen atoms in total. The molecule has 0 saturated heterocycles. The van der Waals surface area contributed by atoms with Crippen molar-refractivity contribution in [3.63, 3.8) is 0 Å². The van der Waals surface area contributed by atoms with E-state index in [2.05, 4.69) is 5.32 Å². The van der Waals surface area contributed by atoms with Crippen molar-refractivity contribution in [2.45, 2.75) is 20.3 Å². The molecule has 0 aliphatic carbocycles. The molecule has 0 saturated carbocycles. The number of anilines is 1. The van der Waals surface area contributed by atoms with Gasteiger partial charge in [0.2, 0.25) is 5.91 Å². The second kappa shape index (κ2) is 6.17. The molecule has 21 heavy (non-hydrogen) atoms. The van der Waals surface area contributed by atoms with E-state index in [-0.39, 0.29) is 18.0 Å². The summed E-state index contributed by atoms with van der Waals surface area (Å²) in [6, 6.07) is 12.0. The Morgan fingerprint density at radius 1 is 1.10 bits per heavy atom. The smallest absolute Gasteiger partial charge is 0.273 e. The first kappa shape index (κ1) is 14.7. The number of aryl methyl sites for hydroxylation is 2. The van der Waals surface area contributed by atoms with Gasteiger partial charge in [-0.25, -0.2) is 0 Å². The van der Waals surface area contributed by atoms with E-state index in [0.717, 1.165) is 16.8 Å². The van der Waals surface area contributed by atoms with Crippen LogP contribution < -0.4 is 5.32 Å². The molecule has 0 radical (unpaired) electrons. The normalized spacial score (nSPS) is 10.2. The summed E-state index contributed by atoms with van der Waals surface area (Å²) in [5.74, 6) is -0.262. The van der Waals surface area contributed by atoms with Gasteiger partial charge in [0.25, 0.3) is 5.69 Å². The molecule has 0 heterocycles. The summed E-state index contributed by atoms with van der Waals surface area (Å²) in [5, 5.41) is 13.8. The molecule has 2 aromatic rings. The number of amides is 1. The molecule has 0 atom stereocenters. The van der Waals surface area contributed by atoms with Crippen molar-refractivity contribution in [3.05, 3.63) is 69.3 Å². The van der Waals surface area contributed by atoms with Crippen LogP contribution in [0, 0.1) is 24.0 Å². The third-order valence-corrected chi connectivity index (χ3v) is 3.28. The molecule has 108 valence electrons. The molecule has 0 unspecified atom stereocenters. The number of hydrogen-bond donors (Lipinski definition) is 1. The Kier molecular flexibility index (Phi) is 4.33. The Morgan fingerprint density at radius 3 is 2.33 bits per heavy atom. The fourth-order valence-electron chi connectivity index (χ4n) is 2.21. The standard InChI is InChI=1S/C16H16N2O3/c1-11-6-5-7-12(2)16(11)17-15(19)10-13-8-3-4-9-14(13)18(20)21/h3-9H,10H2,1-2H3,(H,17,19). The number of nitrogens with zero attached hydrogens (tertiary/aromatic N) is 1. The van der Waals surface area contributed by atoms with Gasteiger partial charge in [-0.2, -0.15) is 0 Å². The topological polar surface area (TPSA) is 72.2 Å². The van der Waals surface area contributed by atoms with Gasteiger partial charge >= 0.3 is 0 Å². The third-order valence-electron chi connectivity index (χ3n) is 3.28. The molecule has 1 amide bonds. The minimum absolute atomic E-state index is 0.0229. The lowest BCUT2D eigenvalue weighted by Crippen LogP contribution is -2.16. The predicted octanol–water partition coefficient (Wildman–Crippen LogP) is 3.39. The van der Waals surface area contributed by atoms with Crippen LogP contribution in [0.5, 0.6) is 0 Å². The lowest BCUT2D eigenvalue weighted by molar-refractivity contribution is -0.385. The minimum Gasteiger partial charge on any atom is -0.325 e. The van der Waals surface area contributed by atoms with Crippen molar-refractivity contribution in [2.75, 3.05) is 5.32 Å². The first-order valence-corrected chi connectivity index (χ1v) is 6.57. The molecule has 0 spiro atoms. The van der Waals surface area contributed by atoms with Crippen LogP contribution in [-0.2, 0) is 11.2 Å². The number of nitro groups is 1. The molecule has 0 aliphatic rings. The third kappa shape index (κ3) is 3.45. The Bertz CT molecular complexity index is 675. The van der Waals surface area contributed by atoms with Crippen molar-refractivity contribution in [2.24, 2.45) is 0 Å². The van der Waals surface area contributed by atoms with E-state index in [9.17, 15) is 14.9 Å². The second-order valence-corrected chi connectivity index (χ2v) is 4.88. The SMILES string of the molecule is Cc1cccc(C)c1NC(=O)Cc1ccccc1[N+](=O)[O-]. The van der Waals surface area contributed by atoms with Crippen LogP contribution in [0.25, 0.3) is 0 Å². The van der Waals surface area contributed by atoms with Gasteiger partial charge in [-0.05, 0) is 25.0 Å². The van der Waals surface area contributed by atoms with Crippen LogP contribution in [0.15, 0.2) is 42.5 Å². The molecule has 0 bridgehead atoms. The van der Waals surface area contributed by atoms with Crippen LogP contribution in [0.2, 0.25) is 0 Å². The fraction of sp³-hybridized carbons (Fsp3) is 0.188. The zero-order valence-corrected chi connectivity index (χ0v) is 11.9. The average molecular weight is 284 g/mol. The maximum absolute atomic E-state index is 12.1. The Morgan fingerprint density at radius 2 is 1.71 bits per heavy atom. The van der Waals surface area contributed by atoms with Gasteiger partial charge in [-0.15, -0.1) is 0 Å². The maximum Gasteiger partial charge on any atom is 0.273 e. The zero-order chi connectivity index (χ0) is 15.4. The van der Waals surface area contributed by atoms with Gasteiger partial charge in [0.15, 0.2) is 0 Å². The highest BCUT2D eigenvalue weighted by molar-refractivity contribution is 5.94. The van der Waals surface area contributed by atoms with Gasteiger partial charge in [0.1, 0.15) is 0 Å². The summed E-state index contributed by atoms with van der Waals surface area (Å²) in [5.41, 5.74) is 3.07. The fourth-order valence-corrected chi connectivity index (χ4v) is 2.21. The summed E-state index contributed by atoms with van der Waals surface area (Å²) >= 11 is 0. The highest BCUT2D eigenvalue weighted by Gasteiger charge is 2.16. The monoisotopic (exact) mass is 284 g/mol. The molecular formula is C16H16N2O3. The van der Waals surface area contributed by atoms with Gasteiger partial charge in [0, 0.05) is 17.3 Å². The summed E-state index contributed by atoms with van der Waals surface area (Å²) < 4.78 is 0.